The third kappa shape index (κ3) is 4.31. The second-order valence-corrected chi connectivity index (χ2v) is 5.58. The predicted octanol–water partition coefficient (Wildman–Crippen LogP) is 3.14. The summed E-state index contributed by atoms with van der Waals surface area (Å²) in [5, 5.41) is 1.79. The third-order valence-electron chi connectivity index (χ3n) is 2.37. The third-order valence-corrected chi connectivity index (χ3v) is 2.71. The highest BCUT2D eigenvalue weighted by atomic mass is 35.5. The summed E-state index contributed by atoms with van der Waals surface area (Å²) in [7, 11) is 0. The molecular formula is C13H17ClF2N2O2. The Kier molecular flexibility index (Phi) is 5.30. The monoisotopic (exact) mass is 306 g/mol. The van der Waals surface area contributed by atoms with Crippen molar-refractivity contribution in [2.45, 2.75) is 32.4 Å². The van der Waals surface area contributed by atoms with Crippen LogP contribution in [0.1, 0.15) is 32.4 Å². The fourth-order valence-electron chi connectivity index (χ4n) is 1.52. The first-order chi connectivity index (χ1) is 9.15. The topological polar surface area (TPSA) is 64.3 Å². The predicted molar refractivity (Wildman–Crippen MR) is 72.5 cm³/mol. The van der Waals surface area contributed by atoms with Crippen molar-refractivity contribution in [1.82, 2.24) is 5.32 Å². The summed E-state index contributed by atoms with van der Waals surface area (Å²) in [5.74, 6) is -1.82. The van der Waals surface area contributed by atoms with Gasteiger partial charge in [0.1, 0.15) is 22.3 Å². The summed E-state index contributed by atoms with van der Waals surface area (Å²) in [6, 6.07) is 1.34. The van der Waals surface area contributed by atoms with Gasteiger partial charge in [-0.25, -0.2) is 13.6 Å². The summed E-state index contributed by atoms with van der Waals surface area (Å²) in [4.78, 5) is 11.6. The number of carbonyl (C=O) groups is 1. The lowest BCUT2D eigenvalue weighted by atomic mass is 10.1. The molecule has 0 aliphatic carbocycles. The quantitative estimate of drug-likeness (QED) is 0.843. The van der Waals surface area contributed by atoms with E-state index in [9.17, 15) is 13.6 Å². The van der Waals surface area contributed by atoms with Gasteiger partial charge in [-0.3, -0.25) is 0 Å². The molecule has 0 spiro atoms. The van der Waals surface area contributed by atoms with Crippen molar-refractivity contribution in [3.63, 3.8) is 0 Å². The van der Waals surface area contributed by atoms with E-state index in [1.165, 1.54) is 6.07 Å². The number of hydrogen-bond donors (Lipinski definition) is 2. The van der Waals surface area contributed by atoms with Crippen LogP contribution in [0.4, 0.5) is 13.6 Å². The number of benzene rings is 1. The highest BCUT2D eigenvalue weighted by Crippen LogP contribution is 2.26. The minimum Gasteiger partial charge on any atom is -0.444 e. The van der Waals surface area contributed by atoms with Gasteiger partial charge in [0.15, 0.2) is 0 Å². The smallest absolute Gasteiger partial charge is 0.408 e. The minimum atomic E-state index is -0.946. The Hall–Kier alpha value is -1.40. The van der Waals surface area contributed by atoms with Gasteiger partial charge < -0.3 is 15.8 Å². The van der Waals surface area contributed by atoms with Crippen molar-refractivity contribution in [2.75, 3.05) is 6.54 Å². The summed E-state index contributed by atoms with van der Waals surface area (Å²) in [5.41, 5.74) is 4.81. The Bertz CT molecular complexity index is 504. The first-order valence-corrected chi connectivity index (χ1v) is 6.36. The standard InChI is InChI=1S/C13H17ClF2N2O2/c1-13(2,3)20-12(19)18-9(6-17)7-4-5-8(15)10(14)11(7)16/h4-5,9H,6,17H2,1-3H3,(H,18,19). The number of nitrogens with one attached hydrogen (secondary N) is 1. The molecule has 0 aromatic heterocycles. The van der Waals surface area contributed by atoms with E-state index in [1.807, 2.05) is 0 Å². The molecule has 4 nitrogen and oxygen atoms in total. The highest BCUT2D eigenvalue weighted by molar-refractivity contribution is 6.30. The molecule has 1 unspecified atom stereocenters. The Labute approximate surface area is 121 Å². The number of ether oxygens (including phenoxy) is 1. The van der Waals surface area contributed by atoms with Crippen molar-refractivity contribution in [3.8, 4) is 0 Å². The summed E-state index contributed by atoms with van der Waals surface area (Å²) < 4.78 is 32.0. The Balaban J connectivity index is 2.92. The van der Waals surface area contributed by atoms with Crippen molar-refractivity contribution in [1.29, 1.82) is 0 Å². The van der Waals surface area contributed by atoms with Crippen LogP contribution in [0.25, 0.3) is 0 Å². The minimum absolute atomic E-state index is 0.00441. The fraction of sp³-hybridized carbons (Fsp3) is 0.462. The van der Waals surface area contributed by atoms with E-state index in [2.05, 4.69) is 5.32 Å². The van der Waals surface area contributed by atoms with Crippen molar-refractivity contribution in [3.05, 3.63) is 34.4 Å². The van der Waals surface area contributed by atoms with E-state index in [1.54, 1.807) is 20.8 Å². The number of rotatable bonds is 3. The lowest BCUT2D eigenvalue weighted by Gasteiger charge is -2.23. The van der Waals surface area contributed by atoms with Gasteiger partial charge in [0.2, 0.25) is 0 Å². The molecule has 3 N–H and O–H groups in total. The molecule has 1 atom stereocenters. The Morgan fingerprint density at radius 1 is 1.45 bits per heavy atom. The molecule has 0 bridgehead atoms. The maximum absolute atomic E-state index is 13.9. The van der Waals surface area contributed by atoms with Gasteiger partial charge in [-0.2, -0.15) is 0 Å². The summed E-state index contributed by atoms with van der Waals surface area (Å²) in [6.45, 7) is 5.00. The maximum Gasteiger partial charge on any atom is 0.408 e. The number of halogens is 3. The molecular weight excluding hydrogens is 290 g/mol. The molecule has 0 saturated carbocycles. The zero-order valence-electron chi connectivity index (χ0n) is 11.5. The normalized spacial score (nSPS) is 12.9. The van der Waals surface area contributed by atoms with Gasteiger partial charge >= 0.3 is 6.09 Å². The lowest BCUT2D eigenvalue weighted by molar-refractivity contribution is 0.0504. The molecule has 0 heterocycles. The van der Waals surface area contributed by atoms with Crippen LogP contribution in [0, 0.1) is 11.6 Å². The molecule has 1 rings (SSSR count). The van der Waals surface area contributed by atoms with Crippen LogP contribution in [0.15, 0.2) is 12.1 Å². The van der Waals surface area contributed by atoms with E-state index in [4.69, 9.17) is 22.1 Å². The van der Waals surface area contributed by atoms with Crippen molar-refractivity contribution in [2.24, 2.45) is 5.73 Å². The van der Waals surface area contributed by atoms with E-state index in [0.717, 1.165) is 6.07 Å². The molecule has 20 heavy (non-hydrogen) atoms. The van der Waals surface area contributed by atoms with Crippen molar-refractivity contribution < 1.29 is 18.3 Å². The fourth-order valence-corrected chi connectivity index (χ4v) is 1.70. The number of carbonyl (C=O) groups excluding carboxylic acids is 1. The van der Waals surface area contributed by atoms with Gasteiger partial charge in [-0.15, -0.1) is 0 Å². The first kappa shape index (κ1) is 16.7. The Morgan fingerprint density at radius 3 is 2.55 bits per heavy atom. The second-order valence-electron chi connectivity index (χ2n) is 5.20. The number of hydrogen-bond acceptors (Lipinski definition) is 3. The molecule has 1 aromatic rings. The summed E-state index contributed by atoms with van der Waals surface area (Å²) >= 11 is 5.49. The Morgan fingerprint density at radius 2 is 2.05 bits per heavy atom. The maximum atomic E-state index is 13.9. The average molecular weight is 307 g/mol. The molecule has 0 radical (unpaired) electrons. The van der Waals surface area contributed by atoms with Crippen LogP contribution in [0.3, 0.4) is 0 Å². The van der Waals surface area contributed by atoms with Crippen molar-refractivity contribution >= 4 is 17.7 Å². The van der Waals surface area contributed by atoms with Crippen LogP contribution < -0.4 is 11.1 Å². The van der Waals surface area contributed by atoms with Gasteiger partial charge in [0.05, 0.1) is 6.04 Å². The summed E-state index contributed by atoms with van der Waals surface area (Å²) in [6.07, 6.45) is -0.743. The molecule has 7 heteroatoms. The molecule has 112 valence electrons. The number of amides is 1. The van der Waals surface area contributed by atoms with Crippen LogP contribution in [0.5, 0.6) is 0 Å². The molecule has 1 aromatic carbocycles. The van der Waals surface area contributed by atoms with E-state index >= 15 is 0 Å². The zero-order valence-corrected chi connectivity index (χ0v) is 12.2. The SMILES string of the molecule is CC(C)(C)OC(=O)NC(CN)c1ccc(F)c(Cl)c1F. The van der Waals surface area contributed by atoms with Gasteiger partial charge in [-0.05, 0) is 26.8 Å². The highest BCUT2D eigenvalue weighted by Gasteiger charge is 2.23. The number of alkyl carbamates (subject to hydrolysis) is 1. The first-order valence-electron chi connectivity index (χ1n) is 5.98. The van der Waals surface area contributed by atoms with Crippen LogP contribution in [0.2, 0.25) is 5.02 Å². The van der Waals surface area contributed by atoms with E-state index < -0.39 is 34.4 Å². The van der Waals surface area contributed by atoms with Crippen LogP contribution in [-0.4, -0.2) is 18.2 Å². The zero-order chi connectivity index (χ0) is 15.5. The molecule has 0 aliphatic heterocycles. The number of nitrogens with two attached hydrogens (primary N) is 1. The van der Waals surface area contributed by atoms with E-state index in [-0.39, 0.29) is 12.1 Å². The largest absolute Gasteiger partial charge is 0.444 e. The average Bonchev–Trinajstić information content (AvgIpc) is 2.32. The second kappa shape index (κ2) is 6.37. The molecule has 0 aliphatic rings. The molecule has 0 fully saturated rings. The molecule has 0 saturated heterocycles. The van der Waals surface area contributed by atoms with E-state index in [0.29, 0.717) is 0 Å². The van der Waals surface area contributed by atoms with Crippen LogP contribution in [-0.2, 0) is 4.74 Å². The van der Waals surface area contributed by atoms with Gasteiger partial charge in [-0.1, -0.05) is 17.7 Å². The van der Waals surface area contributed by atoms with Crippen LogP contribution >= 0.6 is 11.6 Å². The van der Waals surface area contributed by atoms with Gasteiger partial charge in [0.25, 0.3) is 0 Å². The lowest BCUT2D eigenvalue weighted by Crippen LogP contribution is -2.38. The van der Waals surface area contributed by atoms with Gasteiger partial charge in [0, 0.05) is 12.1 Å². The molecule has 1 amide bonds.